The number of likely N-dealkylation sites (tertiary alicyclic amines) is 1. The number of ether oxygens (including phenoxy) is 1. The summed E-state index contributed by atoms with van der Waals surface area (Å²) in [4.78, 5) is 12.8. The van der Waals surface area contributed by atoms with E-state index in [0.717, 1.165) is 37.4 Å². The molecule has 0 saturated carbocycles. The molecule has 1 unspecified atom stereocenters. The predicted molar refractivity (Wildman–Crippen MR) is 80.8 cm³/mol. The zero-order valence-electron chi connectivity index (χ0n) is 12.2. The number of nitrogen functional groups attached to an aromatic ring is 1. The third-order valence-corrected chi connectivity index (χ3v) is 3.85. The zero-order chi connectivity index (χ0) is 15.2. The summed E-state index contributed by atoms with van der Waals surface area (Å²) in [6.07, 6.45) is 2.29. The monoisotopic (exact) mass is 294 g/mol. The van der Waals surface area contributed by atoms with Crippen LogP contribution < -0.4 is 11.3 Å². The van der Waals surface area contributed by atoms with Crippen molar-refractivity contribution in [1.82, 2.24) is 4.90 Å². The van der Waals surface area contributed by atoms with Crippen LogP contribution in [0.2, 0.25) is 0 Å². The summed E-state index contributed by atoms with van der Waals surface area (Å²) in [6.45, 7) is 3.35. The number of benzene rings is 1. The van der Waals surface area contributed by atoms with E-state index in [-0.39, 0.29) is 10.6 Å². The molecular formula is C14H22N4O3. The normalized spacial score (nSPS) is 19.4. The second-order valence-corrected chi connectivity index (χ2v) is 5.44. The number of hydrogen-bond acceptors (Lipinski definition) is 6. The number of nitrogens with zero attached hydrogens (tertiary/aromatic N) is 2. The molecule has 21 heavy (non-hydrogen) atoms. The minimum Gasteiger partial charge on any atom is -0.384 e. The van der Waals surface area contributed by atoms with Crippen molar-refractivity contribution >= 4 is 11.4 Å². The van der Waals surface area contributed by atoms with Crippen molar-refractivity contribution in [2.45, 2.75) is 19.4 Å². The van der Waals surface area contributed by atoms with Gasteiger partial charge in [-0.15, -0.1) is 0 Å². The molecule has 1 aromatic carbocycles. The lowest BCUT2D eigenvalue weighted by molar-refractivity contribution is -0.384. The van der Waals surface area contributed by atoms with Crippen LogP contribution >= 0.6 is 0 Å². The van der Waals surface area contributed by atoms with Gasteiger partial charge in [-0.3, -0.25) is 20.9 Å². The van der Waals surface area contributed by atoms with E-state index in [4.69, 9.17) is 10.6 Å². The first kappa shape index (κ1) is 15.7. The van der Waals surface area contributed by atoms with Gasteiger partial charge < -0.3 is 10.2 Å². The highest BCUT2D eigenvalue weighted by Gasteiger charge is 2.21. The number of non-ortho nitro benzene ring substituents is 1. The Balaban J connectivity index is 2.10. The topological polar surface area (TPSA) is 93.7 Å². The van der Waals surface area contributed by atoms with Crippen molar-refractivity contribution in [2.75, 3.05) is 32.2 Å². The van der Waals surface area contributed by atoms with Gasteiger partial charge in [-0.1, -0.05) is 0 Å². The lowest BCUT2D eigenvalue weighted by Crippen LogP contribution is -2.36. The van der Waals surface area contributed by atoms with Gasteiger partial charge in [0.25, 0.3) is 5.69 Å². The van der Waals surface area contributed by atoms with Crippen molar-refractivity contribution in [2.24, 2.45) is 11.8 Å². The molecule has 1 aliphatic rings. The van der Waals surface area contributed by atoms with E-state index in [1.807, 2.05) is 0 Å². The van der Waals surface area contributed by atoms with E-state index in [1.54, 1.807) is 19.2 Å². The molecule has 1 aromatic rings. The van der Waals surface area contributed by atoms with Crippen molar-refractivity contribution in [3.05, 3.63) is 33.9 Å². The van der Waals surface area contributed by atoms with Crippen molar-refractivity contribution < 1.29 is 9.66 Å². The van der Waals surface area contributed by atoms with Gasteiger partial charge in [-0.2, -0.15) is 0 Å². The standard InChI is InChI=1S/C14H22N4O3/c1-21-10-11-3-2-6-17(8-11)9-12-7-13(18(19)20)4-5-14(12)16-15/h4-5,7,11,16H,2-3,6,8-10,15H2,1H3. The van der Waals surface area contributed by atoms with Gasteiger partial charge >= 0.3 is 0 Å². The number of anilines is 1. The van der Waals surface area contributed by atoms with E-state index in [2.05, 4.69) is 10.3 Å². The summed E-state index contributed by atoms with van der Waals surface area (Å²) in [5, 5.41) is 10.9. The van der Waals surface area contributed by atoms with Crippen LogP contribution in [-0.2, 0) is 11.3 Å². The number of hydrazine groups is 1. The Morgan fingerprint density at radius 2 is 2.38 bits per heavy atom. The molecule has 0 bridgehead atoms. The summed E-state index contributed by atoms with van der Waals surface area (Å²) >= 11 is 0. The van der Waals surface area contributed by atoms with E-state index in [1.165, 1.54) is 12.5 Å². The van der Waals surface area contributed by atoms with Crippen LogP contribution in [0.4, 0.5) is 11.4 Å². The van der Waals surface area contributed by atoms with Crippen LogP contribution in [0, 0.1) is 16.0 Å². The molecular weight excluding hydrogens is 272 g/mol. The first-order valence-corrected chi connectivity index (χ1v) is 7.09. The molecule has 0 amide bonds. The van der Waals surface area contributed by atoms with Gasteiger partial charge in [0.15, 0.2) is 0 Å². The third-order valence-electron chi connectivity index (χ3n) is 3.85. The number of nitrogens with one attached hydrogen (secondary N) is 1. The Kier molecular flexibility index (Phi) is 5.49. The lowest BCUT2D eigenvalue weighted by Gasteiger charge is -2.32. The Morgan fingerprint density at radius 3 is 3.05 bits per heavy atom. The molecule has 1 aliphatic heterocycles. The lowest BCUT2D eigenvalue weighted by atomic mass is 9.98. The largest absolute Gasteiger partial charge is 0.384 e. The zero-order valence-corrected chi connectivity index (χ0v) is 12.2. The summed E-state index contributed by atoms with van der Waals surface area (Å²) in [6, 6.07) is 4.71. The average Bonchev–Trinajstić information content (AvgIpc) is 2.48. The fourth-order valence-electron chi connectivity index (χ4n) is 2.87. The molecule has 0 spiro atoms. The molecule has 1 atom stereocenters. The van der Waals surface area contributed by atoms with Gasteiger partial charge in [-0.05, 0) is 36.9 Å². The molecule has 116 valence electrons. The Morgan fingerprint density at radius 1 is 1.57 bits per heavy atom. The van der Waals surface area contributed by atoms with E-state index >= 15 is 0 Å². The minimum atomic E-state index is -0.381. The maximum absolute atomic E-state index is 10.9. The highest BCUT2D eigenvalue weighted by molar-refractivity contribution is 5.55. The van der Waals surface area contributed by atoms with Crippen molar-refractivity contribution in [3.8, 4) is 0 Å². The Hall–Kier alpha value is -1.70. The molecule has 3 N–H and O–H groups in total. The molecule has 0 aromatic heterocycles. The number of methoxy groups -OCH3 is 1. The number of nitro benzene ring substituents is 1. The highest BCUT2D eigenvalue weighted by Crippen LogP contribution is 2.25. The van der Waals surface area contributed by atoms with E-state index in [0.29, 0.717) is 12.5 Å². The molecule has 7 heteroatoms. The first-order chi connectivity index (χ1) is 10.1. The van der Waals surface area contributed by atoms with Crippen LogP contribution in [0.3, 0.4) is 0 Å². The number of nitrogens with two attached hydrogens (primary N) is 1. The summed E-state index contributed by atoms with van der Waals surface area (Å²) in [7, 11) is 1.72. The van der Waals surface area contributed by atoms with Gasteiger partial charge in [0.2, 0.25) is 0 Å². The van der Waals surface area contributed by atoms with Gasteiger partial charge in [0.05, 0.1) is 17.2 Å². The van der Waals surface area contributed by atoms with Crippen LogP contribution in [0.15, 0.2) is 18.2 Å². The number of piperidine rings is 1. The molecule has 1 saturated heterocycles. The van der Waals surface area contributed by atoms with Gasteiger partial charge in [0, 0.05) is 32.3 Å². The minimum absolute atomic E-state index is 0.0921. The van der Waals surface area contributed by atoms with E-state index < -0.39 is 0 Å². The quantitative estimate of drug-likeness (QED) is 0.471. The van der Waals surface area contributed by atoms with Crippen molar-refractivity contribution in [3.63, 3.8) is 0 Å². The molecule has 1 fully saturated rings. The highest BCUT2D eigenvalue weighted by atomic mass is 16.6. The molecule has 0 aliphatic carbocycles. The van der Waals surface area contributed by atoms with Gasteiger partial charge in [-0.25, -0.2) is 0 Å². The van der Waals surface area contributed by atoms with Gasteiger partial charge in [0.1, 0.15) is 0 Å². The molecule has 0 radical (unpaired) electrons. The van der Waals surface area contributed by atoms with Crippen LogP contribution in [-0.4, -0.2) is 36.6 Å². The number of nitro groups is 1. The molecule has 1 heterocycles. The SMILES string of the molecule is COCC1CCCN(Cc2cc([N+](=O)[O-])ccc2NN)C1. The number of hydrogen-bond donors (Lipinski definition) is 2. The Bertz CT molecular complexity index is 493. The summed E-state index contributed by atoms with van der Waals surface area (Å²) in [5.41, 5.74) is 4.29. The first-order valence-electron chi connectivity index (χ1n) is 7.09. The maximum Gasteiger partial charge on any atom is 0.269 e. The third kappa shape index (κ3) is 4.13. The number of rotatable bonds is 6. The second kappa shape index (κ2) is 7.35. The summed E-state index contributed by atoms with van der Waals surface area (Å²) in [5.74, 6) is 6.02. The predicted octanol–water partition coefficient (Wildman–Crippen LogP) is 1.74. The second-order valence-electron chi connectivity index (χ2n) is 5.44. The average molecular weight is 294 g/mol. The molecule has 2 rings (SSSR count). The van der Waals surface area contributed by atoms with Crippen molar-refractivity contribution in [1.29, 1.82) is 0 Å². The maximum atomic E-state index is 10.9. The molecule has 7 nitrogen and oxygen atoms in total. The fourth-order valence-corrected chi connectivity index (χ4v) is 2.87. The van der Waals surface area contributed by atoms with Crippen LogP contribution in [0.1, 0.15) is 18.4 Å². The smallest absolute Gasteiger partial charge is 0.269 e. The summed E-state index contributed by atoms with van der Waals surface area (Å²) < 4.78 is 5.23. The fraction of sp³-hybridized carbons (Fsp3) is 0.571. The van der Waals surface area contributed by atoms with Crippen LogP contribution in [0.25, 0.3) is 0 Å². The van der Waals surface area contributed by atoms with Crippen LogP contribution in [0.5, 0.6) is 0 Å². The Labute approximate surface area is 124 Å². The van der Waals surface area contributed by atoms with E-state index in [9.17, 15) is 10.1 Å².